The molecule has 2 aromatic carbocycles. The van der Waals surface area contributed by atoms with Crippen molar-refractivity contribution < 1.29 is 36.2 Å². The number of rotatable bonds is 6. The van der Waals surface area contributed by atoms with Crippen LogP contribution in [-0.4, -0.2) is 68.9 Å². The fourth-order valence-corrected chi connectivity index (χ4v) is 4.89. The minimum Gasteiger partial charge on any atom is -0.496 e. The molecule has 0 aliphatic carbocycles. The Morgan fingerprint density at radius 1 is 1.12 bits per heavy atom. The van der Waals surface area contributed by atoms with Crippen molar-refractivity contribution in [1.82, 2.24) is 24.5 Å². The maximum atomic E-state index is 13.5. The summed E-state index contributed by atoms with van der Waals surface area (Å²) in [5.74, 6) is -1.88. The summed E-state index contributed by atoms with van der Waals surface area (Å²) >= 11 is 0. The molecule has 214 valence electrons. The van der Waals surface area contributed by atoms with E-state index in [1.807, 2.05) is 0 Å². The van der Waals surface area contributed by atoms with Crippen molar-refractivity contribution in [1.29, 1.82) is 5.26 Å². The van der Waals surface area contributed by atoms with E-state index in [1.165, 1.54) is 17.9 Å². The van der Waals surface area contributed by atoms with Gasteiger partial charge in [0.2, 0.25) is 0 Å². The lowest BCUT2D eigenvalue weighted by Gasteiger charge is -2.48. The summed E-state index contributed by atoms with van der Waals surface area (Å²) in [4.78, 5) is 14.0. The van der Waals surface area contributed by atoms with Gasteiger partial charge in [-0.15, -0.1) is 0 Å². The third-order valence-electron chi connectivity index (χ3n) is 6.88. The van der Waals surface area contributed by atoms with Gasteiger partial charge in [-0.05, 0) is 29.8 Å². The van der Waals surface area contributed by atoms with E-state index < -0.39 is 48.6 Å². The maximum absolute atomic E-state index is 13.5. The number of halogens is 5. The monoisotopic (exact) mass is 575 g/mol. The van der Waals surface area contributed by atoms with E-state index in [0.717, 1.165) is 16.5 Å². The van der Waals surface area contributed by atoms with Crippen LogP contribution >= 0.6 is 0 Å². The number of nitrogens with two attached hydrogens (primary N) is 1. The Hall–Kier alpha value is -4.71. The molecule has 4 aromatic rings. The van der Waals surface area contributed by atoms with Crippen molar-refractivity contribution >= 4 is 16.8 Å². The van der Waals surface area contributed by atoms with Crippen molar-refractivity contribution in [3.63, 3.8) is 0 Å². The van der Waals surface area contributed by atoms with Crippen molar-refractivity contribution in [2.24, 2.45) is 19.8 Å². The molecule has 1 amide bonds. The predicted molar refractivity (Wildman–Crippen MR) is 135 cm³/mol. The van der Waals surface area contributed by atoms with Gasteiger partial charge >= 0.3 is 12.8 Å². The van der Waals surface area contributed by atoms with Crippen LogP contribution in [0.15, 0.2) is 36.7 Å². The Labute approximate surface area is 229 Å². The Balaban J connectivity index is 1.64. The number of likely N-dealkylation sites (tertiary alicyclic amines) is 1. The Morgan fingerprint density at radius 2 is 1.80 bits per heavy atom. The van der Waals surface area contributed by atoms with Crippen LogP contribution in [0.2, 0.25) is 0 Å². The number of hydrogen-bond acceptors (Lipinski definition) is 7. The fraction of sp³-hybridized carbons (Fsp3) is 0.308. The number of benzene rings is 2. The van der Waals surface area contributed by atoms with Gasteiger partial charge in [0.05, 0.1) is 36.1 Å². The lowest BCUT2D eigenvalue weighted by molar-refractivity contribution is -0.215. The lowest BCUT2D eigenvalue weighted by atomic mass is 9.89. The van der Waals surface area contributed by atoms with Crippen LogP contribution in [0.3, 0.4) is 0 Å². The van der Waals surface area contributed by atoms with Gasteiger partial charge in [0, 0.05) is 49.9 Å². The van der Waals surface area contributed by atoms with Crippen LogP contribution in [-0.2, 0) is 14.1 Å². The zero-order valence-electron chi connectivity index (χ0n) is 21.8. The zero-order chi connectivity index (χ0) is 29.9. The summed E-state index contributed by atoms with van der Waals surface area (Å²) in [6.07, 6.45) is -1.37. The predicted octanol–water partition coefficient (Wildman–Crippen LogP) is 3.84. The summed E-state index contributed by atoms with van der Waals surface area (Å²) in [6.45, 7) is -5.11. The summed E-state index contributed by atoms with van der Waals surface area (Å²) in [6, 6.07) is 8.00. The van der Waals surface area contributed by atoms with Crippen LogP contribution in [0, 0.1) is 11.3 Å². The molecular weight excluding hydrogens is 553 g/mol. The van der Waals surface area contributed by atoms with Crippen molar-refractivity contribution in [3.8, 4) is 40.0 Å². The smallest absolute Gasteiger partial charge is 0.409 e. The molecule has 1 saturated heterocycles. The molecule has 0 saturated carbocycles. The van der Waals surface area contributed by atoms with Crippen molar-refractivity contribution in [2.75, 3.05) is 20.2 Å². The number of fused-ring (bicyclic) bond motifs is 1. The molecular formula is C26H22F5N7O3. The highest BCUT2D eigenvalue weighted by Gasteiger charge is 2.60. The van der Waals surface area contributed by atoms with Gasteiger partial charge in [-0.3, -0.25) is 14.2 Å². The third-order valence-corrected chi connectivity index (χ3v) is 6.88. The molecule has 3 heterocycles. The molecule has 41 heavy (non-hydrogen) atoms. The highest BCUT2D eigenvalue weighted by Crippen LogP contribution is 2.43. The number of ether oxygens (including phenoxy) is 2. The van der Waals surface area contributed by atoms with E-state index >= 15 is 0 Å². The zero-order valence-corrected chi connectivity index (χ0v) is 21.8. The van der Waals surface area contributed by atoms with Crippen LogP contribution in [0.4, 0.5) is 22.0 Å². The SMILES string of the molecule is COc1cc(-c2c3c(C#N)cc(-c4cnn(C)c4)cc3nn2C)cc(OC(F)F)c1C(=O)N1CC(N)(C(F)(F)F)C1. The number of carbonyl (C=O) groups excluding carboxylic acids is 1. The number of carbonyl (C=O) groups is 1. The van der Waals surface area contributed by atoms with Gasteiger partial charge < -0.3 is 20.1 Å². The van der Waals surface area contributed by atoms with Crippen molar-refractivity contribution in [2.45, 2.75) is 18.3 Å². The average molecular weight is 575 g/mol. The standard InChI is InChI=1S/C26H22F5N7O3/c1-36-10-16(9-34-36)13-4-15(8-32)20-17(5-13)35-37(2)22(20)14-6-18(40-3)21(19(7-14)41-24(27)28)23(39)38-11-25(33,12-38)26(29,30)31/h4-7,9-10,24H,11-12,33H2,1-3H3. The van der Waals surface area contributed by atoms with Crippen LogP contribution in [0.25, 0.3) is 33.3 Å². The molecule has 2 aromatic heterocycles. The quantitative estimate of drug-likeness (QED) is 0.347. The van der Waals surface area contributed by atoms with E-state index in [-0.39, 0.29) is 16.9 Å². The second kappa shape index (κ2) is 9.73. The molecule has 15 heteroatoms. The van der Waals surface area contributed by atoms with Gasteiger partial charge in [0.15, 0.2) is 0 Å². The minimum atomic E-state index is -4.77. The van der Waals surface area contributed by atoms with Crippen LogP contribution in [0.1, 0.15) is 15.9 Å². The van der Waals surface area contributed by atoms with Gasteiger partial charge in [-0.2, -0.15) is 37.4 Å². The van der Waals surface area contributed by atoms with E-state index in [4.69, 9.17) is 10.5 Å². The van der Waals surface area contributed by atoms with Gasteiger partial charge in [0.25, 0.3) is 5.91 Å². The number of aromatic nitrogens is 4. The van der Waals surface area contributed by atoms with E-state index in [1.54, 1.807) is 43.3 Å². The Morgan fingerprint density at radius 3 is 2.37 bits per heavy atom. The summed E-state index contributed by atoms with van der Waals surface area (Å²) < 4.78 is 79.7. The number of nitriles is 1. The molecule has 0 atom stereocenters. The molecule has 0 radical (unpaired) electrons. The molecule has 0 bridgehead atoms. The first-order chi connectivity index (χ1) is 19.3. The first-order valence-electron chi connectivity index (χ1n) is 12.0. The molecule has 1 fully saturated rings. The van der Waals surface area contributed by atoms with E-state index in [0.29, 0.717) is 22.2 Å². The molecule has 1 aliphatic rings. The molecule has 0 unspecified atom stereocenters. The largest absolute Gasteiger partial charge is 0.496 e. The topological polar surface area (TPSA) is 124 Å². The number of aryl methyl sites for hydroxylation is 2. The maximum Gasteiger partial charge on any atom is 0.409 e. The second-order valence-corrected chi connectivity index (χ2v) is 9.65. The lowest BCUT2D eigenvalue weighted by Crippen LogP contribution is -2.75. The number of nitrogens with zero attached hydrogens (tertiary/aromatic N) is 6. The number of amides is 1. The minimum absolute atomic E-state index is 0.205. The summed E-state index contributed by atoms with van der Waals surface area (Å²) in [7, 11) is 4.50. The van der Waals surface area contributed by atoms with Gasteiger partial charge in [-0.1, -0.05) is 0 Å². The van der Waals surface area contributed by atoms with Crippen LogP contribution < -0.4 is 15.2 Å². The van der Waals surface area contributed by atoms with Crippen molar-refractivity contribution in [3.05, 3.63) is 47.8 Å². The summed E-state index contributed by atoms with van der Waals surface area (Å²) in [5, 5.41) is 19.0. The van der Waals surface area contributed by atoms with Crippen LogP contribution in [0.5, 0.6) is 11.5 Å². The van der Waals surface area contributed by atoms with E-state index in [2.05, 4.69) is 21.0 Å². The Bertz CT molecular complexity index is 1720. The number of alkyl halides is 5. The molecule has 2 N–H and O–H groups in total. The summed E-state index contributed by atoms with van der Waals surface area (Å²) in [5.41, 5.74) is 4.86. The number of methoxy groups -OCH3 is 1. The van der Waals surface area contributed by atoms with E-state index in [9.17, 15) is 32.0 Å². The molecule has 0 spiro atoms. The first-order valence-corrected chi connectivity index (χ1v) is 12.0. The second-order valence-electron chi connectivity index (χ2n) is 9.65. The molecule has 1 aliphatic heterocycles. The van der Waals surface area contributed by atoms with Gasteiger partial charge in [0.1, 0.15) is 22.6 Å². The van der Waals surface area contributed by atoms with Gasteiger partial charge in [-0.25, -0.2) is 0 Å². The molecule has 5 rings (SSSR count). The average Bonchev–Trinajstić information content (AvgIpc) is 3.46. The highest BCUT2D eigenvalue weighted by atomic mass is 19.4. The normalized spacial score (nSPS) is 14.7. The fourth-order valence-electron chi connectivity index (χ4n) is 4.89. The Kier molecular flexibility index (Phi) is 6.61. The highest BCUT2D eigenvalue weighted by molar-refractivity contribution is 6.04. The molecule has 10 nitrogen and oxygen atoms in total. The third kappa shape index (κ3) is 4.69. The first kappa shape index (κ1) is 27.8. The number of hydrogen-bond donors (Lipinski definition) is 1.